The monoisotopic (exact) mass is 266 g/mol. The number of pyridine rings is 1. The Morgan fingerprint density at radius 2 is 2.10 bits per heavy atom. The van der Waals surface area contributed by atoms with E-state index in [0.29, 0.717) is 12.1 Å². The fraction of sp³-hybridized carbons (Fsp3) is 0.438. The number of aromatic nitrogens is 3. The summed E-state index contributed by atoms with van der Waals surface area (Å²) in [7, 11) is 0. The van der Waals surface area contributed by atoms with Crippen LogP contribution in [0.1, 0.15) is 41.5 Å². The Bertz CT molecular complexity index is 626. The number of hydrogen-bond acceptors (Lipinski definition) is 4. The van der Waals surface area contributed by atoms with Crippen LogP contribution in [-0.4, -0.2) is 25.9 Å². The largest absolute Gasteiger partial charge is 0.289 e. The lowest BCUT2D eigenvalue weighted by molar-refractivity contribution is 0.166. The van der Waals surface area contributed by atoms with Crippen LogP contribution in [-0.2, 0) is 13.0 Å². The minimum absolute atomic E-state index is 0.498. The van der Waals surface area contributed by atoms with Gasteiger partial charge in [0, 0.05) is 49.2 Å². The smallest absolute Gasteiger partial charge is 0.125 e. The van der Waals surface area contributed by atoms with E-state index in [0.717, 1.165) is 18.8 Å². The fourth-order valence-corrected chi connectivity index (χ4v) is 3.62. The molecule has 1 fully saturated rings. The number of fused-ring (bicyclic) bond motifs is 4. The lowest BCUT2D eigenvalue weighted by atomic mass is 9.98. The van der Waals surface area contributed by atoms with Crippen LogP contribution < -0.4 is 0 Å². The van der Waals surface area contributed by atoms with Crippen molar-refractivity contribution >= 4 is 0 Å². The molecule has 102 valence electrons. The zero-order valence-corrected chi connectivity index (χ0v) is 11.7. The summed E-state index contributed by atoms with van der Waals surface area (Å²) in [5.74, 6) is 0.894. The van der Waals surface area contributed by atoms with Crippen LogP contribution in [0.5, 0.6) is 0 Å². The van der Waals surface area contributed by atoms with Gasteiger partial charge in [0.05, 0.1) is 5.69 Å². The Labute approximate surface area is 118 Å². The topological polar surface area (TPSA) is 41.9 Å². The zero-order valence-electron chi connectivity index (χ0n) is 11.7. The van der Waals surface area contributed by atoms with Crippen LogP contribution >= 0.6 is 0 Å². The third-order valence-corrected chi connectivity index (χ3v) is 4.57. The molecular formula is C16H18N4. The molecule has 1 saturated heterocycles. The summed E-state index contributed by atoms with van der Waals surface area (Å²) in [6.45, 7) is 2.98. The fourth-order valence-electron chi connectivity index (χ4n) is 3.62. The van der Waals surface area contributed by atoms with Crippen molar-refractivity contribution in [1.29, 1.82) is 0 Å². The quantitative estimate of drug-likeness (QED) is 0.837. The molecule has 0 spiro atoms. The van der Waals surface area contributed by atoms with Crippen LogP contribution in [0.15, 0.2) is 30.7 Å². The third-order valence-electron chi connectivity index (χ3n) is 4.57. The summed E-state index contributed by atoms with van der Waals surface area (Å²) < 4.78 is 0. The number of aryl methyl sites for hydroxylation is 1. The van der Waals surface area contributed by atoms with E-state index in [4.69, 9.17) is 0 Å². The first-order valence-corrected chi connectivity index (χ1v) is 7.28. The van der Waals surface area contributed by atoms with Crippen molar-refractivity contribution in [1.82, 2.24) is 19.9 Å². The van der Waals surface area contributed by atoms with Gasteiger partial charge in [-0.25, -0.2) is 9.97 Å². The molecular weight excluding hydrogens is 248 g/mol. The highest BCUT2D eigenvalue weighted by Crippen LogP contribution is 2.43. The first kappa shape index (κ1) is 12.0. The van der Waals surface area contributed by atoms with E-state index in [1.165, 1.54) is 29.7 Å². The third kappa shape index (κ3) is 1.91. The summed E-state index contributed by atoms with van der Waals surface area (Å²) in [6.07, 6.45) is 9.37. The standard InChI is InChI=1S/C16H18N4/c1-11-18-9-14-15(19-11)8-13-2-3-16(14)20(13)10-12-4-6-17-7-5-12/h4-7,9,13,16H,2-3,8,10H2,1H3/t13-,16-/m1/s1. The molecule has 0 N–H and O–H groups in total. The van der Waals surface area contributed by atoms with E-state index < -0.39 is 0 Å². The van der Waals surface area contributed by atoms with Gasteiger partial charge >= 0.3 is 0 Å². The van der Waals surface area contributed by atoms with Gasteiger partial charge in [0.1, 0.15) is 5.82 Å². The Morgan fingerprint density at radius 3 is 2.95 bits per heavy atom. The first-order valence-electron chi connectivity index (χ1n) is 7.28. The van der Waals surface area contributed by atoms with Gasteiger partial charge in [0.2, 0.25) is 0 Å². The van der Waals surface area contributed by atoms with Crippen molar-refractivity contribution in [3.05, 3.63) is 53.4 Å². The predicted octanol–water partition coefficient (Wildman–Crippen LogP) is 2.44. The van der Waals surface area contributed by atoms with Crippen LogP contribution in [0.4, 0.5) is 0 Å². The van der Waals surface area contributed by atoms with E-state index >= 15 is 0 Å². The number of hydrogen-bond donors (Lipinski definition) is 0. The number of rotatable bonds is 2. The second-order valence-corrected chi connectivity index (χ2v) is 5.80. The second kappa shape index (κ2) is 4.63. The predicted molar refractivity (Wildman–Crippen MR) is 76.0 cm³/mol. The molecule has 0 saturated carbocycles. The van der Waals surface area contributed by atoms with E-state index in [1.807, 2.05) is 25.5 Å². The maximum atomic E-state index is 4.65. The highest BCUT2D eigenvalue weighted by molar-refractivity contribution is 5.29. The molecule has 0 amide bonds. The minimum atomic E-state index is 0.498. The highest BCUT2D eigenvalue weighted by atomic mass is 15.2. The van der Waals surface area contributed by atoms with Crippen molar-refractivity contribution in [3.63, 3.8) is 0 Å². The van der Waals surface area contributed by atoms with Crippen molar-refractivity contribution in [2.45, 2.75) is 44.8 Å². The molecule has 0 radical (unpaired) electrons. The molecule has 2 aliphatic rings. The van der Waals surface area contributed by atoms with Gasteiger partial charge in [-0.15, -0.1) is 0 Å². The Hall–Kier alpha value is -1.81. The molecule has 2 atom stereocenters. The Morgan fingerprint density at radius 1 is 1.25 bits per heavy atom. The SMILES string of the molecule is Cc1ncc2c(n1)C[C@H]1CC[C@H]2N1Cc1ccncc1. The summed E-state index contributed by atoms with van der Waals surface area (Å²) in [5, 5.41) is 0. The maximum Gasteiger partial charge on any atom is 0.125 e. The van der Waals surface area contributed by atoms with Crippen molar-refractivity contribution < 1.29 is 0 Å². The molecule has 4 heterocycles. The highest BCUT2D eigenvalue weighted by Gasteiger charge is 2.40. The minimum Gasteiger partial charge on any atom is -0.289 e. The molecule has 2 bridgehead atoms. The molecule has 4 rings (SSSR count). The van der Waals surface area contributed by atoms with Gasteiger partial charge in [-0.05, 0) is 37.5 Å². The Kier molecular flexibility index (Phi) is 2.77. The van der Waals surface area contributed by atoms with Crippen molar-refractivity contribution in [3.8, 4) is 0 Å². The van der Waals surface area contributed by atoms with Crippen molar-refractivity contribution in [2.24, 2.45) is 0 Å². The molecule has 4 nitrogen and oxygen atoms in total. The lowest BCUT2D eigenvalue weighted by Crippen LogP contribution is -2.37. The molecule has 0 aromatic carbocycles. The summed E-state index contributed by atoms with van der Waals surface area (Å²) in [6, 6.07) is 5.36. The van der Waals surface area contributed by atoms with E-state index in [2.05, 4.69) is 32.0 Å². The molecule has 0 aliphatic carbocycles. The van der Waals surface area contributed by atoms with Gasteiger partial charge in [0.15, 0.2) is 0 Å². The summed E-state index contributed by atoms with van der Waals surface area (Å²) in [5.41, 5.74) is 3.96. The average Bonchev–Trinajstić information content (AvgIpc) is 2.74. The van der Waals surface area contributed by atoms with Gasteiger partial charge in [-0.3, -0.25) is 9.88 Å². The molecule has 20 heavy (non-hydrogen) atoms. The maximum absolute atomic E-state index is 4.65. The molecule has 2 aliphatic heterocycles. The molecule has 4 heteroatoms. The van der Waals surface area contributed by atoms with Crippen LogP contribution in [0.2, 0.25) is 0 Å². The van der Waals surface area contributed by atoms with E-state index in [1.54, 1.807) is 0 Å². The van der Waals surface area contributed by atoms with Gasteiger partial charge in [-0.2, -0.15) is 0 Å². The molecule has 0 unspecified atom stereocenters. The summed E-state index contributed by atoms with van der Waals surface area (Å²) in [4.78, 5) is 15.8. The van der Waals surface area contributed by atoms with Gasteiger partial charge in [-0.1, -0.05) is 0 Å². The second-order valence-electron chi connectivity index (χ2n) is 5.80. The average molecular weight is 266 g/mol. The van der Waals surface area contributed by atoms with Crippen LogP contribution in [0.3, 0.4) is 0 Å². The number of nitrogens with zero attached hydrogens (tertiary/aromatic N) is 4. The van der Waals surface area contributed by atoms with Crippen LogP contribution in [0.25, 0.3) is 0 Å². The molecule has 2 aromatic rings. The van der Waals surface area contributed by atoms with E-state index in [9.17, 15) is 0 Å². The van der Waals surface area contributed by atoms with Crippen molar-refractivity contribution in [2.75, 3.05) is 0 Å². The van der Waals surface area contributed by atoms with Gasteiger partial charge < -0.3 is 0 Å². The first-order chi connectivity index (χ1) is 9.81. The molecule has 2 aromatic heterocycles. The normalized spacial score (nSPS) is 24.6. The van der Waals surface area contributed by atoms with Crippen LogP contribution in [0, 0.1) is 6.92 Å². The summed E-state index contributed by atoms with van der Waals surface area (Å²) >= 11 is 0. The zero-order chi connectivity index (χ0) is 13.5. The van der Waals surface area contributed by atoms with E-state index in [-0.39, 0.29) is 0 Å². The lowest BCUT2D eigenvalue weighted by Gasteiger charge is -2.35. The Balaban J connectivity index is 1.66. The van der Waals surface area contributed by atoms with Gasteiger partial charge in [0.25, 0.3) is 0 Å².